The second-order valence-electron chi connectivity index (χ2n) is 6.38. The molecule has 1 aliphatic rings. The summed E-state index contributed by atoms with van der Waals surface area (Å²) in [5.41, 5.74) is 5.69. The first-order valence-electron chi connectivity index (χ1n) is 6.85. The predicted octanol–water partition coefficient (Wildman–Crippen LogP) is 2.89. The number of halogens is 3. The quantitative estimate of drug-likeness (QED) is 0.811. The van der Waals surface area contributed by atoms with Gasteiger partial charge in [0.05, 0.1) is 6.04 Å². The smallest absolute Gasteiger partial charge is 0.223 e. The lowest BCUT2D eigenvalue weighted by atomic mass is 9.86. The van der Waals surface area contributed by atoms with Crippen molar-refractivity contribution in [2.24, 2.45) is 5.73 Å². The van der Waals surface area contributed by atoms with Crippen molar-refractivity contribution in [3.63, 3.8) is 0 Å². The van der Waals surface area contributed by atoms with E-state index in [0.717, 1.165) is 12.1 Å². The molecule has 3 nitrogen and oxygen atoms in total. The van der Waals surface area contributed by atoms with E-state index in [9.17, 15) is 18.0 Å². The zero-order chi connectivity index (χ0) is 15.9. The molecule has 2 atom stereocenters. The van der Waals surface area contributed by atoms with Crippen molar-refractivity contribution in [3.05, 3.63) is 35.1 Å². The van der Waals surface area contributed by atoms with Crippen LogP contribution in [0.25, 0.3) is 0 Å². The number of rotatable bonds is 1. The Morgan fingerprint density at radius 1 is 1.19 bits per heavy atom. The summed E-state index contributed by atoms with van der Waals surface area (Å²) in [7, 11) is 0. The Labute approximate surface area is 121 Å². The molecule has 1 aromatic rings. The second kappa shape index (κ2) is 5.33. The van der Waals surface area contributed by atoms with Crippen LogP contribution in [0.2, 0.25) is 0 Å². The number of hydrogen-bond donors (Lipinski definition) is 1. The van der Waals surface area contributed by atoms with Crippen LogP contribution in [0.5, 0.6) is 0 Å². The Hall–Kier alpha value is -1.56. The molecule has 0 radical (unpaired) electrons. The first-order chi connectivity index (χ1) is 9.62. The molecule has 2 rings (SSSR count). The number of likely N-dealkylation sites (tertiary alicyclic amines) is 1. The molecule has 1 aromatic carbocycles. The summed E-state index contributed by atoms with van der Waals surface area (Å²) >= 11 is 0. The van der Waals surface area contributed by atoms with E-state index in [2.05, 4.69) is 0 Å². The lowest BCUT2D eigenvalue weighted by Crippen LogP contribution is -2.56. The minimum Gasteiger partial charge on any atom is -0.329 e. The fourth-order valence-corrected chi connectivity index (χ4v) is 2.85. The highest BCUT2D eigenvalue weighted by Gasteiger charge is 2.41. The van der Waals surface area contributed by atoms with Crippen LogP contribution < -0.4 is 5.73 Å². The fourth-order valence-electron chi connectivity index (χ4n) is 2.85. The summed E-state index contributed by atoms with van der Waals surface area (Å²) < 4.78 is 40.1. The van der Waals surface area contributed by atoms with Gasteiger partial charge in [0.25, 0.3) is 0 Å². The minimum absolute atomic E-state index is 0.126. The van der Waals surface area contributed by atoms with Crippen LogP contribution in [0.1, 0.15) is 45.2 Å². The normalized spacial score (nSPS) is 23.6. The number of carbonyl (C=O) groups is 1. The van der Waals surface area contributed by atoms with Gasteiger partial charge in [0.15, 0.2) is 17.5 Å². The molecular weight excluding hydrogens is 281 g/mol. The van der Waals surface area contributed by atoms with Crippen LogP contribution in [0.3, 0.4) is 0 Å². The molecule has 0 aromatic heterocycles. The van der Waals surface area contributed by atoms with Crippen molar-refractivity contribution in [1.29, 1.82) is 0 Å². The number of carbonyl (C=O) groups excluding carboxylic acids is 1. The maximum atomic E-state index is 13.5. The molecule has 116 valence electrons. The van der Waals surface area contributed by atoms with Crippen molar-refractivity contribution >= 4 is 5.91 Å². The fraction of sp³-hybridized carbons (Fsp3) is 0.533. The summed E-state index contributed by atoms with van der Waals surface area (Å²) in [6, 6.07) is 0.711. The summed E-state index contributed by atoms with van der Waals surface area (Å²) in [5.74, 6) is -4.19. The molecule has 0 spiro atoms. The van der Waals surface area contributed by atoms with Gasteiger partial charge in [0, 0.05) is 18.0 Å². The zero-order valence-corrected chi connectivity index (χ0v) is 12.3. The molecule has 1 aliphatic heterocycles. The Balaban J connectivity index is 2.54. The standard InChI is InChI=1S/C15H19F3N2O/c1-15(2,3)20-12(21)5-4-11(19)14(20)8-6-9(16)13(18)10(17)7-8/h6-7,11,14H,4-5,19H2,1-3H3. The molecule has 2 unspecified atom stereocenters. The number of amides is 1. The van der Waals surface area contributed by atoms with E-state index in [1.165, 1.54) is 4.90 Å². The molecule has 1 heterocycles. The van der Waals surface area contributed by atoms with Crippen LogP contribution in [0.15, 0.2) is 12.1 Å². The Morgan fingerprint density at radius 3 is 2.19 bits per heavy atom. The number of piperidine rings is 1. The van der Waals surface area contributed by atoms with Crippen molar-refractivity contribution in [1.82, 2.24) is 4.90 Å². The van der Waals surface area contributed by atoms with Gasteiger partial charge in [0.2, 0.25) is 5.91 Å². The van der Waals surface area contributed by atoms with Gasteiger partial charge in [-0.2, -0.15) is 0 Å². The van der Waals surface area contributed by atoms with Gasteiger partial charge >= 0.3 is 0 Å². The average molecular weight is 300 g/mol. The van der Waals surface area contributed by atoms with E-state index in [1.807, 2.05) is 20.8 Å². The Kier molecular flexibility index (Phi) is 4.02. The molecule has 1 fully saturated rings. The van der Waals surface area contributed by atoms with Gasteiger partial charge in [-0.3, -0.25) is 4.79 Å². The van der Waals surface area contributed by atoms with Crippen LogP contribution in [-0.2, 0) is 4.79 Å². The molecule has 0 bridgehead atoms. The average Bonchev–Trinajstić information content (AvgIpc) is 2.36. The van der Waals surface area contributed by atoms with Crippen molar-refractivity contribution < 1.29 is 18.0 Å². The van der Waals surface area contributed by atoms with Crippen LogP contribution in [-0.4, -0.2) is 22.4 Å². The third-order valence-electron chi connectivity index (χ3n) is 3.71. The molecule has 2 N–H and O–H groups in total. The molecule has 0 saturated carbocycles. The van der Waals surface area contributed by atoms with Gasteiger partial charge in [-0.1, -0.05) is 0 Å². The SMILES string of the molecule is CC(C)(C)N1C(=O)CCC(N)C1c1cc(F)c(F)c(F)c1. The maximum absolute atomic E-state index is 13.5. The highest BCUT2D eigenvalue weighted by Crippen LogP contribution is 2.37. The predicted molar refractivity (Wildman–Crippen MR) is 72.9 cm³/mol. The van der Waals surface area contributed by atoms with Crippen LogP contribution in [0, 0.1) is 17.5 Å². The third kappa shape index (κ3) is 2.90. The van der Waals surface area contributed by atoms with Gasteiger partial charge in [0.1, 0.15) is 0 Å². The largest absolute Gasteiger partial charge is 0.329 e. The Bertz CT molecular complexity index is 546. The van der Waals surface area contributed by atoms with E-state index in [4.69, 9.17) is 5.73 Å². The van der Waals surface area contributed by atoms with Crippen molar-refractivity contribution in [2.45, 2.75) is 51.2 Å². The number of nitrogens with zero attached hydrogens (tertiary/aromatic N) is 1. The highest BCUT2D eigenvalue weighted by molar-refractivity contribution is 5.78. The summed E-state index contributed by atoms with van der Waals surface area (Å²) in [6.45, 7) is 5.48. The van der Waals surface area contributed by atoms with Gasteiger partial charge < -0.3 is 10.6 Å². The minimum atomic E-state index is -1.52. The topological polar surface area (TPSA) is 46.3 Å². The Morgan fingerprint density at radius 2 is 1.71 bits per heavy atom. The van der Waals surface area contributed by atoms with Crippen molar-refractivity contribution in [3.8, 4) is 0 Å². The second-order valence-corrected chi connectivity index (χ2v) is 6.38. The van der Waals surface area contributed by atoms with Gasteiger partial charge in [-0.25, -0.2) is 13.2 Å². The maximum Gasteiger partial charge on any atom is 0.223 e. The van der Waals surface area contributed by atoms with E-state index in [0.29, 0.717) is 12.8 Å². The number of benzene rings is 1. The number of hydrogen-bond acceptors (Lipinski definition) is 2. The number of nitrogens with two attached hydrogens (primary N) is 1. The van der Waals surface area contributed by atoms with Crippen LogP contribution >= 0.6 is 0 Å². The monoisotopic (exact) mass is 300 g/mol. The zero-order valence-electron chi connectivity index (χ0n) is 12.3. The van der Waals surface area contributed by atoms with Crippen LogP contribution in [0.4, 0.5) is 13.2 Å². The lowest BCUT2D eigenvalue weighted by molar-refractivity contribution is -0.144. The molecule has 0 aliphatic carbocycles. The van der Waals surface area contributed by atoms with E-state index >= 15 is 0 Å². The van der Waals surface area contributed by atoms with E-state index in [-0.39, 0.29) is 11.5 Å². The van der Waals surface area contributed by atoms with E-state index < -0.39 is 35.1 Å². The summed E-state index contributed by atoms with van der Waals surface area (Å²) in [6.07, 6.45) is 0.720. The third-order valence-corrected chi connectivity index (χ3v) is 3.71. The first-order valence-corrected chi connectivity index (χ1v) is 6.85. The molecule has 6 heteroatoms. The highest BCUT2D eigenvalue weighted by atomic mass is 19.2. The summed E-state index contributed by atoms with van der Waals surface area (Å²) in [5, 5.41) is 0. The van der Waals surface area contributed by atoms with Gasteiger partial charge in [-0.15, -0.1) is 0 Å². The molecule has 1 amide bonds. The summed E-state index contributed by atoms with van der Waals surface area (Å²) in [4.78, 5) is 13.8. The molecular formula is C15H19F3N2O. The lowest BCUT2D eigenvalue weighted by Gasteiger charge is -2.47. The van der Waals surface area contributed by atoms with E-state index in [1.54, 1.807) is 0 Å². The first kappa shape index (κ1) is 15.8. The molecule has 21 heavy (non-hydrogen) atoms. The van der Waals surface area contributed by atoms with Crippen molar-refractivity contribution in [2.75, 3.05) is 0 Å². The molecule has 1 saturated heterocycles. The van der Waals surface area contributed by atoms with Gasteiger partial charge in [-0.05, 0) is 44.9 Å².